The van der Waals surface area contributed by atoms with E-state index in [0.29, 0.717) is 0 Å². The number of aliphatic imine (C=N–C) groups is 1. The van der Waals surface area contributed by atoms with Crippen molar-refractivity contribution in [1.82, 2.24) is 9.97 Å². The summed E-state index contributed by atoms with van der Waals surface area (Å²) < 4.78 is 0. The van der Waals surface area contributed by atoms with Gasteiger partial charge in [0.1, 0.15) is 18.0 Å². The van der Waals surface area contributed by atoms with Crippen LogP contribution in [0.15, 0.2) is 14.6 Å². The monoisotopic (exact) mass is 330 g/mol. The maximum absolute atomic E-state index is 11.7. The second kappa shape index (κ2) is 8.33. The number of nitrogens with one attached hydrogen (secondary N) is 3. The number of carbonyl (C=O) groups is 1. The molecule has 0 bridgehead atoms. The Morgan fingerprint density at radius 1 is 1.26 bits per heavy atom. The predicted molar refractivity (Wildman–Crippen MR) is 80.1 cm³/mol. The zero-order chi connectivity index (χ0) is 17.6. The molecule has 0 fully saturated rings. The molecule has 0 saturated heterocycles. The highest BCUT2D eigenvalue weighted by Crippen LogP contribution is 2.14. The fourth-order valence-electron chi connectivity index (χ4n) is 1.58. The second-order valence-electron chi connectivity index (χ2n) is 4.69. The third-order valence-corrected chi connectivity index (χ3v) is 2.76. The van der Waals surface area contributed by atoms with E-state index in [2.05, 4.69) is 15.3 Å². The van der Waals surface area contributed by atoms with Crippen LogP contribution in [0.25, 0.3) is 0 Å². The van der Waals surface area contributed by atoms with Crippen LogP contribution >= 0.6 is 0 Å². The molecular formula is C12H18N4O7. The van der Waals surface area contributed by atoms with Crippen LogP contribution in [0.4, 0.5) is 11.5 Å². The summed E-state index contributed by atoms with van der Waals surface area (Å²) in [6.45, 7) is 0.0846. The van der Waals surface area contributed by atoms with Crippen molar-refractivity contribution in [2.24, 2.45) is 4.99 Å². The molecule has 0 aliphatic rings. The van der Waals surface area contributed by atoms with E-state index >= 15 is 0 Å². The minimum Gasteiger partial charge on any atom is -0.394 e. The van der Waals surface area contributed by atoms with Gasteiger partial charge in [0.05, 0.1) is 18.9 Å². The number of ketones is 1. The van der Waals surface area contributed by atoms with E-state index in [4.69, 9.17) is 5.11 Å². The van der Waals surface area contributed by atoms with Crippen LogP contribution in [0.2, 0.25) is 0 Å². The molecule has 0 saturated carbocycles. The average Bonchev–Trinajstić information content (AvgIpc) is 2.49. The molecule has 0 radical (unpaired) electrons. The number of Topliss-reactive ketones (excluding diaryl/α,β-unsaturated/α-hetero) is 1. The first-order valence-electron chi connectivity index (χ1n) is 6.56. The van der Waals surface area contributed by atoms with Crippen LogP contribution in [0.1, 0.15) is 6.92 Å². The number of aromatic amines is 2. The maximum Gasteiger partial charge on any atom is 0.327 e. The van der Waals surface area contributed by atoms with Gasteiger partial charge in [-0.15, -0.1) is 0 Å². The number of carbonyl (C=O) groups excluding carboxylic acids is 1. The van der Waals surface area contributed by atoms with Gasteiger partial charge in [0.15, 0.2) is 11.5 Å². The van der Waals surface area contributed by atoms with Crippen molar-refractivity contribution in [3.63, 3.8) is 0 Å². The third-order valence-electron chi connectivity index (χ3n) is 2.76. The van der Waals surface area contributed by atoms with Crippen molar-refractivity contribution < 1.29 is 25.2 Å². The van der Waals surface area contributed by atoms with E-state index in [-0.39, 0.29) is 18.1 Å². The van der Waals surface area contributed by atoms with Crippen LogP contribution in [0.3, 0.4) is 0 Å². The van der Waals surface area contributed by atoms with Gasteiger partial charge in [-0.25, -0.2) is 9.79 Å². The van der Waals surface area contributed by atoms with Gasteiger partial charge in [-0.1, -0.05) is 0 Å². The summed E-state index contributed by atoms with van der Waals surface area (Å²) in [5.41, 5.74) is -2.01. The number of aliphatic hydroxyl groups is 4. The Kier molecular flexibility index (Phi) is 6.78. The number of hydrogen-bond acceptors (Lipinski definition) is 9. The van der Waals surface area contributed by atoms with E-state index in [1.807, 2.05) is 4.98 Å². The molecule has 1 aromatic heterocycles. The Hall–Kier alpha value is -2.34. The highest BCUT2D eigenvalue weighted by Gasteiger charge is 2.24. The smallest absolute Gasteiger partial charge is 0.327 e. The molecule has 11 heteroatoms. The third kappa shape index (κ3) is 5.41. The van der Waals surface area contributed by atoms with E-state index in [9.17, 15) is 29.7 Å². The largest absolute Gasteiger partial charge is 0.394 e. The first kappa shape index (κ1) is 18.7. The quantitative estimate of drug-likeness (QED) is 0.243. The fourth-order valence-corrected chi connectivity index (χ4v) is 1.58. The first-order chi connectivity index (χ1) is 10.8. The van der Waals surface area contributed by atoms with Crippen molar-refractivity contribution >= 4 is 23.5 Å². The molecular weight excluding hydrogens is 312 g/mol. The Morgan fingerprint density at radius 3 is 2.48 bits per heavy atom. The molecule has 11 nitrogen and oxygen atoms in total. The topological polar surface area (TPSA) is 188 Å². The van der Waals surface area contributed by atoms with Gasteiger partial charge in [0, 0.05) is 13.5 Å². The lowest BCUT2D eigenvalue weighted by molar-refractivity contribution is -0.110. The fraction of sp³-hybridized carbons (Fsp3) is 0.500. The van der Waals surface area contributed by atoms with Crippen molar-refractivity contribution in [3.05, 3.63) is 20.8 Å². The molecule has 0 aliphatic carbocycles. The zero-order valence-electron chi connectivity index (χ0n) is 12.2. The first-order valence-corrected chi connectivity index (χ1v) is 6.56. The highest BCUT2D eigenvalue weighted by molar-refractivity contribution is 6.26. The minimum atomic E-state index is -1.65. The van der Waals surface area contributed by atoms with Gasteiger partial charge in [0.25, 0.3) is 5.56 Å². The summed E-state index contributed by atoms with van der Waals surface area (Å²) in [4.78, 5) is 41.6. The number of nitrogens with zero attached hydrogens (tertiary/aromatic N) is 1. The van der Waals surface area contributed by atoms with Crippen LogP contribution < -0.4 is 16.6 Å². The number of anilines is 1. The average molecular weight is 330 g/mol. The second-order valence-corrected chi connectivity index (χ2v) is 4.69. The molecule has 0 unspecified atom stereocenters. The molecule has 0 aliphatic heterocycles. The molecule has 1 heterocycles. The molecule has 0 amide bonds. The number of hydrogen-bond donors (Lipinski definition) is 7. The number of rotatable bonds is 8. The summed E-state index contributed by atoms with van der Waals surface area (Å²) in [6.07, 6.45) is -3.84. The molecule has 1 aromatic rings. The molecule has 128 valence electrons. The van der Waals surface area contributed by atoms with Gasteiger partial charge < -0.3 is 25.7 Å². The molecule has 3 atom stereocenters. The molecule has 0 aromatic carbocycles. The number of aliphatic hydroxyl groups excluding tert-OH is 4. The van der Waals surface area contributed by atoms with Crippen LogP contribution in [0.5, 0.6) is 0 Å². The van der Waals surface area contributed by atoms with Crippen molar-refractivity contribution in [3.8, 4) is 0 Å². The minimum absolute atomic E-state index is 0.180. The van der Waals surface area contributed by atoms with Crippen molar-refractivity contribution in [1.29, 1.82) is 0 Å². The standard InChI is InChI=1S/C12H18N4O7/c1-5(18)2-13-8-10(15-12(23)16-11(8)22)14-3-6(19)9(21)7(20)4-17/h2,6-7,9,17,19-21H,3-4H2,1H3,(H3,14,15,16,22,23)/b13-2+/t6-,7+,9-/m0/s1. The Balaban J connectivity index is 2.97. The summed E-state index contributed by atoms with van der Waals surface area (Å²) >= 11 is 0. The summed E-state index contributed by atoms with van der Waals surface area (Å²) in [7, 11) is 0. The van der Waals surface area contributed by atoms with Crippen molar-refractivity contribution in [2.45, 2.75) is 25.2 Å². The molecule has 23 heavy (non-hydrogen) atoms. The van der Waals surface area contributed by atoms with E-state index < -0.39 is 42.0 Å². The number of aromatic nitrogens is 2. The Morgan fingerprint density at radius 2 is 1.91 bits per heavy atom. The van der Waals surface area contributed by atoms with Crippen LogP contribution in [0, 0.1) is 0 Å². The van der Waals surface area contributed by atoms with Gasteiger partial charge in [-0.3, -0.25) is 19.6 Å². The lowest BCUT2D eigenvalue weighted by Gasteiger charge is -2.22. The summed E-state index contributed by atoms with van der Waals surface area (Å²) in [6, 6.07) is 0. The van der Waals surface area contributed by atoms with Gasteiger partial charge in [0.2, 0.25) is 0 Å². The van der Waals surface area contributed by atoms with Crippen molar-refractivity contribution in [2.75, 3.05) is 18.5 Å². The number of H-pyrrole nitrogens is 2. The Labute approximate surface area is 129 Å². The van der Waals surface area contributed by atoms with E-state index in [1.165, 1.54) is 6.92 Å². The van der Waals surface area contributed by atoms with E-state index in [0.717, 1.165) is 6.21 Å². The maximum atomic E-state index is 11.7. The zero-order valence-corrected chi connectivity index (χ0v) is 12.2. The molecule has 7 N–H and O–H groups in total. The molecule has 1 rings (SSSR count). The summed E-state index contributed by atoms with van der Waals surface area (Å²) in [5, 5.41) is 39.6. The lowest BCUT2D eigenvalue weighted by Crippen LogP contribution is -2.43. The van der Waals surface area contributed by atoms with Gasteiger partial charge in [-0.05, 0) is 0 Å². The van der Waals surface area contributed by atoms with Gasteiger partial charge >= 0.3 is 5.69 Å². The predicted octanol–water partition coefficient (Wildman–Crippen LogP) is -3.16. The molecule has 0 spiro atoms. The lowest BCUT2D eigenvalue weighted by atomic mass is 10.1. The highest BCUT2D eigenvalue weighted by atomic mass is 16.4. The Bertz CT molecular complexity index is 681. The van der Waals surface area contributed by atoms with Crippen LogP contribution in [-0.2, 0) is 4.79 Å². The normalized spacial score (nSPS) is 15.3. The van der Waals surface area contributed by atoms with Crippen LogP contribution in [-0.4, -0.2) is 73.9 Å². The van der Waals surface area contributed by atoms with Gasteiger partial charge in [-0.2, -0.15) is 0 Å². The summed E-state index contributed by atoms with van der Waals surface area (Å²) in [5.74, 6) is -0.607. The van der Waals surface area contributed by atoms with E-state index in [1.54, 1.807) is 0 Å². The SMILES string of the molecule is CC(=O)/C=N/c1c(NC[C@H](O)[C@H](O)[C@H](O)CO)[nH]c(=O)[nH]c1=O.